The molecule has 124 valence electrons. The van der Waals surface area contributed by atoms with E-state index in [-0.39, 0.29) is 12.5 Å². The van der Waals surface area contributed by atoms with Gasteiger partial charge in [-0.1, -0.05) is 44.2 Å². The zero-order valence-electron chi connectivity index (χ0n) is 13.2. The zero-order chi connectivity index (χ0) is 17.0. The van der Waals surface area contributed by atoms with Crippen molar-refractivity contribution in [3.05, 3.63) is 35.9 Å². The summed E-state index contributed by atoms with van der Waals surface area (Å²) in [7, 11) is 0. The predicted octanol–water partition coefficient (Wildman–Crippen LogP) is 0.978. The highest BCUT2D eigenvalue weighted by atomic mass is 16.4. The molecule has 1 fully saturated rings. The van der Waals surface area contributed by atoms with Crippen LogP contribution in [0.3, 0.4) is 0 Å². The molecule has 3 N–H and O–H groups in total. The number of carbonyl (C=O) groups is 3. The third-order valence-electron chi connectivity index (χ3n) is 3.60. The Morgan fingerprint density at radius 3 is 2.48 bits per heavy atom. The van der Waals surface area contributed by atoms with Gasteiger partial charge >= 0.3 is 12.0 Å². The van der Waals surface area contributed by atoms with Gasteiger partial charge in [-0.05, 0) is 11.5 Å². The summed E-state index contributed by atoms with van der Waals surface area (Å²) in [4.78, 5) is 36.6. The summed E-state index contributed by atoms with van der Waals surface area (Å²) in [5.41, 5.74) is 0.538. The smallest absolute Gasteiger partial charge is 0.331 e. The van der Waals surface area contributed by atoms with Gasteiger partial charge < -0.3 is 20.6 Å². The fourth-order valence-electron chi connectivity index (χ4n) is 2.39. The van der Waals surface area contributed by atoms with E-state index in [1.165, 1.54) is 4.90 Å². The molecule has 0 bridgehead atoms. The van der Waals surface area contributed by atoms with Crippen molar-refractivity contribution in [2.75, 3.05) is 13.1 Å². The first kappa shape index (κ1) is 16.8. The molecule has 1 saturated heterocycles. The van der Waals surface area contributed by atoms with Crippen LogP contribution in [0.1, 0.15) is 25.5 Å². The summed E-state index contributed by atoms with van der Waals surface area (Å²) in [5.74, 6) is -1.17. The molecule has 2 atom stereocenters. The summed E-state index contributed by atoms with van der Waals surface area (Å²) >= 11 is 0. The van der Waals surface area contributed by atoms with Gasteiger partial charge in [0.2, 0.25) is 5.91 Å². The van der Waals surface area contributed by atoms with Crippen molar-refractivity contribution in [3.8, 4) is 0 Å². The van der Waals surface area contributed by atoms with Crippen LogP contribution in [0.5, 0.6) is 0 Å². The van der Waals surface area contributed by atoms with Gasteiger partial charge in [0, 0.05) is 6.54 Å². The number of hydrogen-bond donors (Lipinski definition) is 3. The van der Waals surface area contributed by atoms with Crippen LogP contribution in [-0.2, 0) is 9.59 Å². The Bertz CT molecular complexity index is 588. The van der Waals surface area contributed by atoms with Crippen molar-refractivity contribution in [2.24, 2.45) is 5.92 Å². The Morgan fingerprint density at radius 2 is 1.96 bits per heavy atom. The molecule has 0 radical (unpaired) electrons. The number of hydrogen-bond acceptors (Lipinski definition) is 3. The van der Waals surface area contributed by atoms with E-state index in [9.17, 15) is 19.5 Å². The molecule has 1 aromatic carbocycles. The van der Waals surface area contributed by atoms with Crippen LogP contribution in [0.2, 0.25) is 0 Å². The number of rotatable bonds is 6. The maximum Gasteiger partial charge on any atom is 0.331 e. The first-order valence-electron chi connectivity index (χ1n) is 7.52. The number of aliphatic carboxylic acids is 1. The van der Waals surface area contributed by atoms with E-state index in [1.54, 1.807) is 30.3 Å². The van der Waals surface area contributed by atoms with Gasteiger partial charge in [-0.25, -0.2) is 9.59 Å². The maximum atomic E-state index is 12.2. The standard InChI is InChI=1S/C16H21N3O4/c1-10(2)8-17-16(23)18-12-9-19(14(12)20)13(15(21)22)11-6-4-3-5-7-11/h3-7,10,12-13H,8-9H2,1-2H3,(H,21,22)(H2,17,18,23)/t12?,13-/m1/s1. The molecule has 7 heteroatoms. The number of amides is 3. The summed E-state index contributed by atoms with van der Waals surface area (Å²) in [6, 6.07) is 6.46. The van der Waals surface area contributed by atoms with E-state index in [0.29, 0.717) is 18.0 Å². The first-order chi connectivity index (χ1) is 10.9. The number of nitrogens with zero attached hydrogens (tertiary/aromatic N) is 1. The van der Waals surface area contributed by atoms with Crippen LogP contribution in [0, 0.1) is 5.92 Å². The molecule has 1 aliphatic heterocycles. The minimum absolute atomic E-state index is 0.180. The Kier molecular flexibility index (Phi) is 5.20. The quantitative estimate of drug-likeness (QED) is 0.681. The van der Waals surface area contributed by atoms with Gasteiger partial charge in [0.1, 0.15) is 6.04 Å². The second-order valence-electron chi connectivity index (χ2n) is 5.94. The third kappa shape index (κ3) is 4.00. The van der Waals surface area contributed by atoms with Gasteiger partial charge in [0.25, 0.3) is 0 Å². The third-order valence-corrected chi connectivity index (χ3v) is 3.60. The molecule has 0 spiro atoms. The SMILES string of the molecule is CC(C)CNC(=O)NC1CN([C@@H](C(=O)O)c2ccccc2)C1=O. The van der Waals surface area contributed by atoms with E-state index >= 15 is 0 Å². The highest BCUT2D eigenvalue weighted by Crippen LogP contribution is 2.27. The maximum absolute atomic E-state index is 12.2. The Hall–Kier alpha value is -2.57. The van der Waals surface area contributed by atoms with Gasteiger partial charge in [-0.3, -0.25) is 4.79 Å². The number of carbonyl (C=O) groups excluding carboxylic acids is 2. The number of carboxylic acid groups (broad SMARTS) is 1. The van der Waals surface area contributed by atoms with Crippen LogP contribution in [0.15, 0.2) is 30.3 Å². The zero-order valence-corrected chi connectivity index (χ0v) is 13.2. The van der Waals surface area contributed by atoms with E-state index in [2.05, 4.69) is 10.6 Å². The molecule has 2 rings (SSSR count). The van der Waals surface area contributed by atoms with E-state index in [4.69, 9.17) is 0 Å². The fourth-order valence-corrected chi connectivity index (χ4v) is 2.39. The molecule has 0 aliphatic carbocycles. The minimum atomic E-state index is -1.09. The molecule has 1 unspecified atom stereocenters. The molecule has 23 heavy (non-hydrogen) atoms. The number of carboxylic acids is 1. The lowest BCUT2D eigenvalue weighted by atomic mass is 9.98. The first-order valence-corrected chi connectivity index (χ1v) is 7.52. The summed E-state index contributed by atoms with van der Waals surface area (Å²) in [6.07, 6.45) is 0. The monoisotopic (exact) mass is 319 g/mol. The van der Waals surface area contributed by atoms with Gasteiger partial charge in [-0.15, -0.1) is 0 Å². The predicted molar refractivity (Wildman–Crippen MR) is 83.7 cm³/mol. The van der Waals surface area contributed by atoms with Crippen LogP contribution < -0.4 is 10.6 Å². The van der Waals surface area contributed by atoms with Crippen molar-refractivity contribution in [1.82, 2.24) is 15.5 Å². The van der Waals surface area contributed by atoms with Crippen molar-refractivity contribution >= 4 is 17.9 Å². The molecule has 3 amide bonds. The summed E-state index contributed by atoms with van der Waals surface area (Å²) < 4.78 is 0. The summed E-state index contributed by atoms with van der Waals surface area (Å²) in [5, 5.41) is 14.6. The highest BCUT2D eigenvalue weighted by molar-refractivity contribution is 5.95. The largest absolute Gasteiger partial charge is 0.479 e. The topological polar surface area (TPSA) is 98.7 Å². The lowest BCUT2D eigenvalue weighted by Crippen LogP contribution is -2.66. The molecule has 1 heterocycles. The number of nitrogens with one attached hydrogen (secondary N) is 2. The van der Waals surface area contributed by atoms with Crippen LogP contribution in [0.4, 0.5) is 4.79 Å². The number of benzene rings is 1. The van der Waals surface area contributed by atoms with Gasteiger partial charge in [0.15, 0.2) is 6.04 Å². The van der Waals surface area contributed by atoms with Crippen molar-refractivity contribution in [3.63, 3.8) is 0 Å². The van der Waals surface area contributed by atoms with Crippen molar-refractivity contribution in [2.45, 2.75) is 25.9 Å². The number of likely N-dealkylation sites (tertiary alicyclic amines) is 1. The van der Waals surface area contributed by atoms with Gasteiger partial charge in [-0.2, -0.15) is 0 Å². The lowest BCUT2D eigenvalue weighted by Gasteiger charge is -2.42. The Labute approximate surface area is 134 Å². The number of urea groups is 1. The van der Waals surface area contributed by atoms with Crippen molar-refractivity contribution in [1.29, 1.82) is 0 Å². The molecule has 1 aliphatic rings. The molecular weight excluding hydrogens is 298 g/mol. The summed E-state index contributed by atoms with van der Waals surface area (Å²) in [6.45, 7) is 4.62. The Balaban J connectivity index is 1.95. The molecule has 7 nitrogen and oxygen atoms in total. The fraction of sp³-hybridized carbons (Fsp3) is 0.438. The molecule has 0 saturated carbocycles. The Morgan fingerprint density at radius 1 is 1.30 bits per heavy atom. The lowest BCUT2D eigenvalue weighted by molar-refractivity contribution is -0.159. The van der Waals surface area contributed by atoms with Crippen LogP contribution >= 0.6 is 0 Å². The average molecular weight is 319 g/mol. The van der Waals surface area contributed by atoms with Gasteiger partial charge in [0.05, 0.1) is 6.54 Å². The average Bonchev–Trinajstić information content (AvgIpc) is 2.52. The molecular formula is C16H21N3O4. The van der Waals surface area contributed by atoms with Crippen LogP contribution in [0.25, 0.3) is 0 Å². The van der Waals surface area contributed by atoms with E-state index in [1.807, 2.05) is 13.8 Å². The minimum Gasteiger partial charge on any atom is -0.479 e. The second-order valence-corrected chi connectivity index (χ2v) is 5.94. The van der Waals surface area contributed by atoms with E-state index < -0.39 is 24.1 Å². The van der Waals surface area contributed by atoms with Crippen molar-refractivity contribution < 1.29 is 19.5 Å². The normalized spacial score (nSPS) is 18.3. The number of β-lactam (4-membered cyclic amide) rings is 1. The molecule has 0 aromatic heterocycles. The van der Waals surface area contributed by atoms with Crippen LogP contribution in [-0.4, -0.2) is 47.0 Å². The second kappa shape index (κ2) is 7.13. The highest BCUT2D eigenvalue weighted by Gasteiger charge is 2.44. The molecule has 1 aromatic rings. The van der Waals surface area contributed by atoms with E-state index in [0.717, 1.165) is 0 Å².